The number of rotatable bonds is 5. The van der Waals surface area contributed by atoms with Gasteiger partial charge in [-0.05, 0) is 44.5 Å². The highest BCUT2D eigenvalue weighted by Gasteiger charge is 2.23. The van der Waals surface area contributed by atoms with E-state index in [2.05, 4.69) is 14.6 Å². The number of aromatic nitrogens is 1. The Labute approximate surface area is 149 Å². The fraction of sp³-hybridized carbons (Fsp3) is 0.500. The maximum absolute atomic E-state index is 12.7. The molecule has 1 fully saturated rings. The Morgan fingerprint density at radius 1 is 1.24 bits per heavy atom. The molecule has 2 aromatic rings. The van der Waals surface area contributed by atoms with Gasteiger partial charge in [-0.2, -0.15) is 0 Å². The van der Waals surface area contributed by atoms with Crippen LogP contribution in [0.15, 0.2) is 35.4 Å². The molecule has 1 aliphatic heterocycles. The van der Waals surface area contributed by atoms with E-state index in [1.807, 2.05) is 20.8 Å². The van der Waals surface area contributed by atoms with E-state index in [4.69, 9.17) is 4.74 Å². The molecule has 0 spiro atoms. The van der Waals surface area contributed by atoms with E-state index in [-0.39, 0.29) is 17.1 Å². The van der Waals surface area contributed by atoms with Crippen molar-refractivity contribution in [2.24, 2.45) is 0 Å². The zero-order chi connectivity index (χ0) is 18.0. The van der Waals surface area contributed by atoms with Crippen LogP contribution in [0.4, 0.5) is 0 Å². The highest BCUT2D eigenvalue weighted by atomic mass is 32.2. The number of hydrogen-bond donors (Lipinski definition) is 1. The second kappa shape index (κ2) is 7.37. The van der Waals surface area contributed by atoms with Crippen LogP contribution in [0.5, 0.6) is 0 Å². The number of morpholine rings is 1. The summed E-state index contributed by atoms with van der Waals surface area (Å²) >= 11 is 0. The van der Waals surface area contributed by atoms with Crippen LogP contribution in [0.2, 0.25) is 0 Å². The predicted molar refractivity (Wildman–Crippen MR) is 98.1 cm³/mol. The molecule has 1 aromatic heterocycles. The number of sulfonamides is 1. The maximum atomic E-state index is 12.7. The van der Waals surface area contributed by atoms with Crippen molar-refractivity contribution >= 4 is 20.9 Å². The molecule has 1 N–H and O–H groups in total. The van der Waals surface area contributed by atoms with Crippen LogP contribution in [0.3, 0.4) is 0 Å². The molecule has 0 aliphatic carbocycles. The molecular formula is C18H25N3O3S. The monoisotopic (exact) mass is 363 g/mol. The number of pyridine rings is 1. The Morgan fingerprint density at radius 2 is 1.96 bits per heavy atom. The molecule has 7 heteroatoms. The van der Waals surface area contributed by atoms with E-state index in [9.17, 15) is 8.42 Å². The van der Waals surface area contributed by atoms with Crippen LogP contribution in [-0.4, -0.2) is 56.7 Å². The first-order valence-electron chi connectivity index (χ1n) is 8.58. The Kier molecular flexibility index (Phi) is 5.38. The minimum absolute atomic E-state index is 0.174. The van der Waals surface area contributed by atoms with Crippen molar-refractivity contribution in [2.75, 3.05) is 26.2 Å². The molecule has 2 heterocycles. The van der Waals surface area contributed by atoms with E-state index < -0.39 is 10.0 Å². The lowest BCUT2D eigenvalue weighted by Gasteiger charge is -2.35. The van der Waals surface area contributed by atoms with E-state index >= 15 is 0 Å². The minimum atomic E-state index is -3.58. The molecule has 0 bridgehead atoms. The van der Waals surface area contributed by atoms with Gasteiger partial charge in [-0.3, -0.25) is 9.88 Å². The van der Waals surface area contributed by atoms with Crippen molar-refractivity contribution in [3.8, 4) is 0 Å². The van der Waals surface area contributed by atoms with Gasteiger partial charge in [0, 0.05) is 37.8 Å². The van der Waals surface area contributed by atoms with E-state index in [1.165, 1.54) is 0 Å². The second-order valence-corrected chi connectivity index (χ2v) is 8.43. The highest BCUT2D eigenvalue weighted by Crippen LogP contribution is 2.24. The summed E-state index contributed by atoms with van der Waals surface area (Å²) in [5.74, 6) is 0. The van der Waals surface area contributed by atoms with Crippen LogP contribution in [-0.2, 0) is 14.8 Å². The van der Waals surface area contributed by atoms with Gasteiger partial charge >= 0.3 is 0 Å². The largest absolute Gasteiger partial charge is 0.373 e. The number of nitrogens with one attached hydrogen (secondary N) is 1. The topological polar surface area (TPSA) is 71.5 Å². The normalized spacial score (nSPS) is 22.4. The summed E-state index contributed by atoms with van der Waals surface area (Å²) < 4.78 is 33.9. The van der Waals surface area contributed by atoms with Gasteiger partial charge in [-0.25, -0.2) is 13.1 Å². The average Bonchev–Trinajstić information content (AvgIpc) is 2.54. The summed E-state index contributed by atoms with van der Waals surface area (Å²) in [7, 11) is -3.58. The summed E-state index contributed by atoms with van der Waals surface area (Å²) in [6, 6.07) is 7.02. The standard InChI is InChI=1S/C18H25N3O3S/c1-13-6-7-17(16-5-4-8-19-18(13)16)25(22,23)20-9-10-21-11-14(2)24-15(3)12-21/h4-8,14-15,20H,9-12H2,1-3H3. The Bertz CT molecular complexity index is 844. The van der Waals surface area contributed by atoms with Gasteiger partial charge in [0.2, 0.25) is 10.0 Å². The fourth-order valence-electron chi connectivity index (χ4n) is 3.40. The lowest BCUT2D eigenvalue weighted by Crippen LogP contribution is -2.47. The third kappa shape index (κ3) is 4.17. The van der Waals surface area contributed by atoms with Crippen LogP contribution in [0, 0.1) is 6.92 Å². The third-order valence-corrected chi connectivity index (χ3v) is 5.96. The minimum Gasteiger partial charge on any atom is -0.373 e. The van der Waals surface area contributed by atoms with E-state index in [0.717, 1.165) is 24.2 Å². The molecule has 0 radical (unpaired) electrons. The van der Waals surface area contributed by atoms with Crippen molar-refractivity contribution in [1.29, 1.82) is 0 Å². The predicted octanol–water partition coefficient (Wildman–Crippen LogP) is 1.93. The summed E-state index contributed by atoms with van der Waals surface area (Å²) in [5.41, 5.74) is 1.69. The fourth-order valence-corrected chi connectivity index (χ4v) is 4.62. The quantitative estimate of drug-likeness (QED) is 0.879. The van der Waals surface area contributed by atoms with Crippen molar-refractivity contribution in [3.63, 3.8) is 0 Å². The smallest absolute Gasteiger partial charge is 0.241 e. The molecule has 0 saturated carbocycles. The van der Waals surface area contributed by atoms with E-state index in [0.29, 0.717) is 18.5 Å². The molecule has 1 aromatic carbocycles. The Morgan fingerprint density at radius 3 is 2.68 bits per heavy atom. The summed E-state index contributed by atoms with van der Waals surface area (Å²) in [5, 5.41) is 0.656. The Hall–Kier alpha value is -1.54. The summed E-state index contributed by atoms with van der Waals surface area (Å²) in [6.07, 6.45) is 2.03. The van der Waals surface area contributed by atoms with Gasteiger partial charge in [-0.15, -0.1) is 0 Å². The molecule has 2 unspecified atom stereocenters. The van der Waals surface area contributed by atoms with Crippen LogP contribution >= 0.6 is 0 Å². The van der Waals surface area contributed by atoms with E-state index in [1.54, 1.807) is 30.5 Å². The molecular weight excluding hydrogens is 338 g/mol. The average molecular weight is 363 g/mol. The molecule has 0 amide bonds. The van der Waals surface area contributed by atoms with Crippen molar-refractivity contribution < 1.29 is 13.2 Å². The number of hydrogen-bond acceptors (Lipinski definition) is 5. The first-order chi connectivity index (χ1) is 11.9. The van der Waals surface area contributed by atoms with Crippen LogP contribution in [0.1, 0.15) is 19.4 Å². The second-order valence-electron chi connectivity index (χ2n) is 6.69. The van der Waals surface area contributed by atoms with Crippen molar-refractivity contribution in [3.05, 3.63) is 36.0 Å². The zero-order valence-corrected chi connectivity index (χ0v) is 15.7. The van der Waals surface area contributed by atoms with Gasteiger partial charge in [0.1, 0.15) is 0 Å². The molecule has 6 nitrogen and oxygen atoms in total. The first-order valence-corrected chi connectivity index (χ1v) is 10.1. The molecule has 25 heavy (non-hydrogen) atoms. The van der Waals surface area contributed by atoms with Crippen LogP contribution in [0.25, 0.3) is 10.9 Å². The van der Waals surface area contributed by atoms with Gasteiger partial charge in [0.05, 0.1) is 22.6 Å². The van der Waals surface area contributed by atoms with Gasteiger partial charge in [-0.1, -0.05) is 6.07 Å². The van der Waals surface area contributed by atoms with Gasteiger partial charge in [0.15, 0.2) is 0 Å². The SMILES string of the molecule is Cc1ccc(S(=O)(=O)NCCN2CC(C)OC(C)C2)c2cccnc12. The maximum Gasteiger partial charge on any atom is 0.241 e. The zero-order valence-electron chi connectivity index (χ0n) is 14.9. The molecule has 1 saturated heterocycles. The Balaban J connectivity index is 1.72. The summed E-state index contributed by atoms with van der Waals surface area (Å²) in [4.78, 5) is 6.83. The van der Waals surface area contributed by atoms with Crippen LogP contribution < -0.4 is 4.72 Å². The summed E-state index contributed by atoms with van der Waals surface area (Å²) in [6.45, 7) is 8.69. The number of aryl methyl sites for hydroxylation is 1. The number of ether oxygens (including phenoxy) is 1. The molecule has 3 rings (SSSR count). The van der Waals surface area contributed by atoms with Gasteiger partial charge < -0.3 is 4.74 Å². The number of benzene rings is 1. The third-order valence-electron chi connectivity index (χ3n) is 4.44. The molecule has 136 valence electrons. The molecule has 1 aliphatic rings. The van der Waals surface area contributed by atoms with Crippen molar-refractivity contribution in [1.82, 2.24) is 14.6 Å². The highest BCUT2D eigenvalue weighted by molar-refractivity contribution is 7.89. The lowest BCUT2D eigenvalue weighted by atomic mass is 10.1. The molecule has 2 atom stereocenters. The van der Waals surface area contributed by atoms with Crippen molar-refractivity contribution in [2.45, 2.75) is 37.9 Å². The first kappa shape index (κ1) is 18.3. The number of fused-ring (bicyclic) bond motifs is 1. The lowest BCUT2D eigenvalue weighted by molar-refractivity contribution is -0.0671. The van der Waals surface area contributed by atoms with Gasteiger partial charge in [0.25, 0.3) is 0 Å². The number of nitrogens with zero attached hydrogens (tertiary/aromatic N) is 2.